The molecular formula is C17H17FN4O2S. The second-order valence-electron chi connectivity index (χ2n) is 5.88. The third kappa shape index (κ3) is 3.14. The van der Waals surface area contributed by atoms with Gasteiger partial charge in [0.15, 0.2) is 0 Å². The van der Waals surface area contributed by atoms with Crippen LogP contribution >= 0.6 is 11.3 Å². The van der Waals surface area contributed by atoms with Crippen molar-refractivity contribution in [2.24, 2.45) is 0 Å². The second kappa shape index (κ2) is 6.53. The zero-order valence-corrected chi connectivity index (χ0v) is 14.5. The third-order valence-corrected chi connectivity index (χ3v) is 5.18. The fourth-order valence-corrected chi connectivity index (χ4v) is 3.85. The number of benzene rings is 1. The highest BCUT2D eigenvalue weighted by molar-refractivity contribution is 7.20. The Bertz CT molecular complexity index is 971. The summed E-state index contributed by atoms with van der Waals surface area (Å²) in [4.78, 5) is 19.3. The lowest BCUT2D eigenvalue weighted by molar-refractivity contribution is 0.0395. The van der Waals surface area contributed by atoms with Crippen LogP contribution in [-0.4, -0.2) is 34.3 Å². The van der Waals surface area contributed by atoms with Crippen LogP contribution in [-0.2, 0) is 11.2 Å². The van der Waals surface area contributed by atoms with E-state index < -0.39 is 0 Å². The van der Waals surface area contributed by atoms with Crippen LogP contribution in [0.5, 0.6) is 0 Å². The standard InChI is InChI=1S/C17H17FN4O2S/c1-2-13-9-15(23)22-16(19-13)25-17(20-22)21-6-7-24-14(10-21)11-4-3-5-12(18)8-11/h3-5,8-9,14H,2,6-7,10H2,1H3. The number of halogens is 1. The molecule has 8 heteroatoms. The fourth-order valence-electron chi connectivity index (χ4n) is 2.89. The highest BCUT2D eigenvalue weighted by atomic mass is 32.1. The zero-order valence-electron chi connectivity index (χ0n) is 13.7. The van der Waals surface area contributed by atoms with E-state index >= 15 is 0 Å². The number of rotatable bonds is 3. The zero-order chi connectivity index (χ0) is 17.4. The maximum absolute atomic E-state index is 13.5. The van der Waals surface area contributed by atoms with Crippen molar-refractivity contribution in [3.63, 3.8) is 0 Å². The third-order valence-electron chi connectivity index (χ3n) is 4.21. The van der Waals surface area contributed by atoms with Gasteiger partial charge in [0.25, 0.3) is 5.56 Å². The van der Waals surface area contributed by atoms with E-state index in [-0.39, 0.29) is 17.5 Å². The molecule has 0 radical (unpaired) electrons. The molecule has 1 aromatic carbocycles. The van der Waals surface area contributed by atoms with E-state index in [0.717, 1.165) is 16.4 Å². The number of aromatic nitrogens is 3. The Labute approximate surface area is 147 Å². The molecule has 130 valence electrons. The lowest BCUT2D eigenvalue weighted by Crippen LogP contribution is -2.38. The van der Waals surface area contributed by atoms with Gasteiger partial charge in [-0.1, -0.05) is 30.4 Å². The van der Waals surface area contributed by atoms with Gasteiger partial charge in [-0.15, -0.1) is 5.10 Å². The van der Waals surface area contributed by atoms with Crippen molar-refractivity contribution in [3.05, 3.63) is 57.8 Å². The van der Waals surface area contributed by atoms with Crippen LogP contribution in [0.3, 0.4) is 0 Å². The molecule has 0 aliphatic carbocycles. The molecule has 1 aliphatic rings. The molecule has 3 aromatic rings. The summed E-state index contributed by atoms with van der Waals surface area (Å²) in [6, 6.07) is 7.97. The molecule has 0 spiro atoms. The van der Waals surface area contributed by atoms with Crippen molar-refractivity contribution in [2.75, 3.05) is 24.6 Å². The van der Waals surface area contributed by atoms with Crippen molar-refractivity contribution < 1.29 is 9.13 Å². The predicted octanol–water partition coefficient (Wildman–Crippen LogP) is 2.43. The van der Waals surface area contributed by atoms with Gasteiger partial charge in [-0.3, -0.25) is 4.79 Å². The second-order valence-corrected chi connectivity index (χ2v) is 6.81. The van der Waals surface area contributed by atoms with Gasteiger partial charge in [-0.05, 0) is 24.1 Å². The first kappa shape index (κ1) is 16.2. The minimum Gasteiger partial charge on any atom is -0.370 e. The van der Waals surface area contributed by atoms with E-state index in [9.17, 15) is 9.18 Å². The van der Waals surface area contributed by atoms with Gasteiger partial charge < -0.3 is 9.64 Å². The van der Waals surface area contributed by atoms with E-state index in [1.807, 2.05) is 13.0 Å². The number of aryl methyl sites for hydroxylation is 1. The molecular weight excluding hydrogens is 343 g/mol. The van der Waals surface area contributed by atoms with Crippen LogP contribution in [0.1, 0.15) is 24.3 Å². The molecule has 0 bridgehead atoms. The van der Waals surface area contributed by atoms with Gasteiger partial charge in [-0.2, -0.15) is 4.52 Å². The van der Waals surface area contributed by atoms with E-state index in [1.165, 1.54) is 34.1 Å². The van der Waals surface area contributed by atoms with Crippen molar-refractivity contribution >= 4 is 21.4 Å². The van der Waals surface area contributed by atoms with Gasteiger partial charge in [0.1, 0.15) is 11.9 Å². The number of nitrogens with zero attached hydrogens (tertiary/aromatic N) is 4. The topological polar surface area (TPSA) is 59.7 Å². The van der Waals surface area contributed by atoms with Gasteiger partial charge in [-0.25, -0.2) is 9.37 Å². The Hall–Kier alpha value is -2.32. The van der Waals surface area contributed by atoms with Crippen LogP contribution in [0.25, 0.3) is 4.96 Å². The number of anilines is 1. The summed E-state index contributed by atoms with van der Waals surface area (Å²) in [5, 5.41) is 5.14. The molecule has 4 rings (SSSR count). The van der Waals surface area contributed by atoms with Gasteiger partial charge in [0.2, 0.25) is 10.1 Å². The van der Waals surface area contributed by atoms with Crippen molar-refractivity contribution in [1.29, 1.82) is 0 Å². The van der Waals surface area contributed by atoms with Gasteiger partial charge in [0, 0.05) is 18.3 Å². The monoisotopic (exact) mass is 360 g/mol. The van der Waals surface area contributed by atoms with Gasteiger partial charge >= 0.3 is 0 Å². The van der Waals surface area contributed by atoms with Crippen molar-refractivity contribution in [2.45, 2.75) is 19.4 Å². The quantitative estimate of drug-likeness (QED) is 0.718. The van der Waals surface area contributed by atoms with E-state index in [1.54, 1.807) is 6.07 Å². The number of hydrogen-bond donors (Lipinski definition) is 0. The van der Waals surface area contributed by atoms with Crippen LogP contribution in [0.2, 0.25) is 0 Å². The number of hydrogen-bond acceptors (Lipinski definition) is 6. The number of morpholine rings is 1. The summed E-state index contributed by atoms with van der Waals surface area (Å²) in [6.07, 6.45) is 0.477. The highest BCUT2D eigenvalue weighted by Crippen LogP contribution is 2.28. The molecule has 1 atom stereocenters. The minimum absolute atomic E-state index is 0.167. The lowest BCUT2D eigenvalue weighted by atomic mass is 10.1. The van der Waals surface area contributed by atoms with Crippen LogP contribution < -0.4 is 10.5 Å². The first-order valence-electron chi connectivity index (χ1n) is 8.16. The smallest absolute Gasteiger partial charge is 0.275 e. The molecule has 1 aliphatic heterocycles. The summed E-state index contributed by atoms with van der Waals surface area (Å²) in [5.74, 6) is -0.277. The molecule has 1 unspecified atom stereocenters. The molecule has 0 N–H and O–H groups in total. The SMILES string of the molecule is CCc1cc(=O)n2nc(N3CCOC(c4cccc(F)c4)C3)sc2n1. The predicted molar refractivity (Wildman–Crippen MR) is 93.8 cm³/mol. The Kier molecular flexibility index (Phi) is 4.22. The minimum atomic E-state index is -0.277. The van der Waals surface area contributed by atoms with E-state index in [0.29, 0.717) is 31.1 Å². The Morgan fingerprint density at radius 2 is 2.28 bits per heavy atom. The summed E-state index contributed by atoms with van der Waals surface area (Å²) in [6.45, 7) is 3.70. The summed E-state index contributed by atoms with van der Waals surface area (Å²) in [7, 11) is 0. The van der Waals surface area contributed by atoms with Gasteiger partial charge in [0.05, 0.1) is 13.2 Å². The van der Waals surface area contributed by atoms with Crippen LogP contribution in [0.15, 0.2) is 35.1 Å². The lowest BCUT2D eigenvalue weighted by Gasteiger charge is -2.32. The first-order chi connectivity index (χ1) is 12.1. The Balaban J connectivity index is 1.64. The van der Waals surface area contributed by atoms with Crippen molar-refractivity contribution in [3.8, 4) is 0 Å². The van der Waals surface area contributed by atoms with Crippen LogP contribution in [0, 0.1) is 5.82 Å². The Morgan fingerprint density at radius 1 is 1.40 bits per heavy atom. The summed E-state index contributed by atoms with van der Waals surface area (Å²) in [5.41, 5.74) is 1.40. The maximum Gasteiger partial charge on any atom is 0.275 e. The molecule has 6 nitrogen and oxygen atoms in total. The molecule has 0 saturated carbocycles. The number of ether oxygens (including phenoxy) is 1. The van der Waals surface area contributed by atoms with E-state index in [2.05, 4.69) is 15.0 Å². The largest absolute Gasteiger partial charge is 0.370 e. The normalized spacial score (nSPS) is 18.0. The molecule has 2 aromatic heterocycles. The van der Waals surface area contributed by atoms with Crippen molar-refractivity contribution in [1.82, 2.24) is 14.6 Å². The molecule has 25 heavy (non-hydrogen) atoms. The molecule has 1 fully saturated rings. The maximum atomic E-state index is 13.5. The fraction of sp³-hybridized carbons (Fsp3) is 0.353. The summed E-state index contributed by atoms with van der Waals surface area (Å²) >= 11 is 1.38. The van der Waals surface area contributed by atoms with E-state index in [4.69, 9.17) is 4.74 Å². The molecule has 1 saturated heterocycles. The highest BCUT2D eigenvalue weighted by Gasteiger charge is 2.25. The number of fused-ring (bicyclic) bond motifs is 1. The first-order valence-corrected chi connectivity index (χ1v) is 8.97. The summed E-state index contributed by atoms with van der Waals surface area (Å²) < 4.78 is 20.6. The average Bonchev–Trinajstić information content (AvgIpc) is 3.06. The molecule has 3 heterocycles. The Morgan fingerprint density at radius 3 is 3.08 bits per heavy atom. The molecule has 0 amide bonds. The van der Waals surface area contributed by atoms with Crippen LogP contribution in [0.4, 0.5) is 9.52 Å². The average molecular weight is 360 g/mol.